The van der Waals surface area contributed by atoms with Gasteiger partial charge in [0.25, 0.3) is 5.91 Å². The summed E-state index contributed by atoms with van der Waals surface area (Å²) in [5.41, 5.74) is 1.57. The zero-order valence-electron chi connectivity index (χ0n) is 15.4. The van der Waals surface area contributed by atoms with E-state index in [4.69, 9.17) is 21.1 Å². The molecule has 0 aliphatic heterocycles. The van der Waals surface area contributed by atoms with Crippen molar-refractivity contribution in [3.8, 4) is 11.5 Å². The smallest absolute Gasteiger partial charge is 0.274 e. The average Bonchev–Trinajstić information content (AvgIpc) is 2.70. The lowest BCUT2D eigenvalue weighted by molar-refractivity contribution is 0.102. The Kier molecular flexibility index (Phi) is 6.29. The fourth-order valence-corrected chi connectivity index (χ4v) is 2.70. The summed E-state index contributed by atoms with van der Waals surface area (Å²) in [5.74, 6) is 1.44. The van der Waals surface area contributed by atoms with Crippen molar-refractivity contribution in [3.05, 3.63) is 65.6 Å². The Balaban J connectivity index is 1.69. The molecule has 0 spiro atoms. The Morgan fingerprint density at radius 2 is 1.82 bits per heavy atom. The predicted molar refractivity (Wildman–Crippen MR) is 109 cm³/mol. The third-order valence-electron chi connectivity index (χ3n) is 3.75. The van der Waals surface area contributed by atoms with Gasteiger partial charge in [0.1, 0.15) is 29.3 Å². The first-order chi connectivity index (χ1) is 13.6. The van der Waals surface area contributed by atoms with Gasteiger partial charge in [-0.15, -0.1) is 0 Å². The number of amides is 1. The maximum atomic E-state index is 12.5. The van der Waals surface area contributed by atoms with Crippen molar-refractivity contribution < 1.29 is 14.3 Å². The van der Waals surface area contributed by atoms with E-state index >= 15 is 0 Å². The van der Waals surface area contributed by atoms with Crippen molar-refractivity contribution in [2.24, 2.45) is 0 Å². The van der Waals surface area contributed by atoms with Crippen LogP contribution in [0.4, 0.5) is 17.2 Å². The molecule has 0 atom stereocenters. The molecule has 0 aliphatic rings. The number of nitrogens with zero attached hydrogens (tertiary/aromatic N) is 2. The fourth-order valence-electron chi connectivity index (χ4n) is 2.44. The van der Waals surface area contributed by atoms with E-state index in [9.17, 15) is 4.79 Å². The minimum atomic E-state index is -0.377. The van der Waals surface area contributed by atoms with Crippen LogP contribution in [0.15, 0.2) is 54.9 Å². The standard InChI is InChI=1S/C20H19ClN4O3/c1-3-28-15-7-4-13(5-8-15)24-19-11-17(22-12-23-19)20(26)25-14-6-9-18(27-2)16(21)10-14/h4-12H,3H2,1-2H3,(H,25,26)(H,22,23,24). The van der Waals surface area contributed by atoms with Crippen LogP contribution in [0, 0.1) is 0 Å². The first-order valence-electron chi connectivity index (χ1n) is 8.56. The van der Waals surface area contributed by atoms with Crippen LogP contribution in [0.1, 0.15) is 17.4 Å². The SMILES string of the molecule is CCOc1ccc(Nc2cc(C(=O)Nc3ccc(OC)c(Cl)c3)ncn2)cc1. The monoisotopic (exact) mass is 398 g/mol. The molecule has 0 saturated carbocycles. The number of hydrogen-bond donors (Lipinski definition) is 2. The van der Waals surface area contributed by atoms with Gasteiger partial charge in [-0.25, -0.2) is 9.97 Å². The number of methoxy groups -OCH3 is 1. The molecule has 144 valence electrons. The number of halogens is 1. The number of carbonyl (C=O) groups excluding carboxylic acids is 1. The summed E-state index contributed by atoms with van der Waals surface area (Å²) in [6.45, 7) is 2.54. The molecule has 1 amide bonds. The largest absolute Gasteiger partial charge is 0.495 e. The second kappa shape index (κ2) is 9.05. The van der Waals surface area contributed by atoms with E-state index < -0.39 is 0 Å². The molecular weight excluding hydrogens is 380 g/mol. The Morgan fingerprint density at radius 3 is 2.50 bits per heavy atom. The normalized spacial score (nSPS) is 10.2. The van der Waals surface area contributed by atoms with E-state index in [1.54, 1.807) is 24.3 Å². The van der Waals surface area contributed by atoms with Gasteiger partial charge < -0.3 is 20.1 Å². The molecule has 0 unspecified atom stereocenters. The van der Waals surface area contributed by atoms with E-state index in [-0.39, 0.29) is 11.6 Å². The molecule has 8 heteroatoms. The second-order valence-electron chi connectivity index (χ2n) is 5.67. The van der Waals surface area contributed by atoms with Crippen molar-refractivity contribution in [2.75, 3.05) is 24.4 Å². The molecule has 7 nitrogen and oxygen atoms in total. The molecule has 0 saturated heterocycles. The van der Waals surface area contributed by atoms with E-state index in [2.05, 4.69) is 20.6 Å². The van der Waals surface area contributed by atoms with Crippen LogP contribution < -0.4 is 20.1 Å². The minimum absolute atomic E-state index is 0.218. The molecule has 0 bridgehead atoms. The summed E-state index contributed by atoms with van der Waals surface area (Å²) in [5, 5.41) is 6.29. The summed E-state index contributed by atoms with van der Waals surface area (Å²) in [7, 11) is 1.53. The molecule has 0 radical (unpaired) electrons. The Labute approximate surface area is 167 Å². The highest BCUT2D eigenvalue weighted by molar-refractivity contribution is 6.32. The summed E-state index contributed by atoms with van der Waals surface area (Å²) >= 11 is 6.08. The first kappa shape index (κ1) is 19.4. The quantitative estimate of drug-likeness (QED) is 0.608. The molecule has 0 fully saturated rings. The van der Waals surface area contributed by atoms with Gasteiger partial charge in [0.2, 0.25) is 0 Å². The second-order valence-corrected chi connectivity index (χ2v) is 6.08. The van der Waals surface area contributed by atoms with Gasteiger partial charge in [0, 0.05) is 17.4 Å². The Bertz CT molecular complexity index is 964. The highest BCUT2D eigenvalue weighted by Gasteiger charge is 2.11. The van der Waals surface area contributed by atoms with Gasteiger partial charge in [0.15, 0.2) is 0 Å². The lowest BCUT2D eigenvalue weighted by Gasteiger charge is -2.09. The number of ether oxygens (including phenoxy) is 2. The lowest BCUT2D eigenvalue weighted by Crippen LogP contribution is -2.14. The molecule has 0 aliphatic carbocycles. The van der Waals surface area contributed by atoms with Crippen molar-refractivity contribution in [3.63, 3.8) is 0 Å². The predicted octanol–water partition coefficient (Wildman–Crippen LogP) is 4.53. The topological polar surface area (TPSA) is 85.4 Å². The van der Waals surface area contributed by atoms with Crippen LogP contribution >= 0.6 is 11.6 Å². The van der Waals surface area contributed by atoms with Crippen LogP contribution in [0.25, 0.3) is 0 Å². The third kappa shape index (κ3) is 4.89. The average molecular weight is 399 g/mol. The number of nitrogens with one attached hydrogen (secondary N) is 2. The zero-order chi connectivity index (χ0) is 19.9. The third-order valence-corrected chi connectivity index (χ3v) is 4.04. The van der Waals surface area contributed by atoms with Gasteiger partial charge in [-0.3, -0.25) is 4.79 Å². The number of benzene rings is 2. The first-order valence-corrected chi connectivity index (χ1v) is 8.93. The van der Waals surface area contributed by atoms with Crippen LogP contribution in [0.2, 0.25) is 5.02 Å². The van der Waals surface area contributed by atoms with Crippen molar-refractivity contribution in [1.29, 1.82) is 0 Å². The number of carbonyl (C=O) groups is 1. The molecule has 2 N–H and O–H groups in total. The van der Waals surface area contributed by atoms with Crippen LogP contribution in [0.3, 0.4) is 0 Å². The zero-order valence-corrected chi connectivity index (χ0v) is 16.2. The van der Waals surface area contributed by atoms with Gasteiger partial charge in [-0.05, 0) is 49.4 Å². The van der Waals surface area contributed by atoms with Gasteiger partial charge in [-0.1, -0.05) is 11.6 Å². The number of hydrogen-bond acceptors (Lipinski definition) is 6. The fraction of sp³-hybridized carbons (Fsp3) is 0.150. The van der Waals surface area contributed by atoms with E-state index in [1.807, 2.05) is 31.2 Å². The van der Waals surface area contributed by atoms with Gasteiger partial charge in [0.05, 0.1) is 18.7 Å². The van der Waals surface area contributed by atoms with Crippen LogP contribution in [0.5, 0.6) is 11.5 Å². The van der Waals surface area contributed by atoms with Crippen LogP contribution in [-0.4, -0.2) is 29.6 Å². The summed E-state index contributed by atoms with van der Waals surface area (Å²) < 4.78 is 10.5. The van der Waals surface area contributed by atoms with Crippen molar-refractivity contribution >= 4 is 34.7 Å². The number of anilines is 3. The molecule has 1 heterocycles. The van der Waals surface area contributed by atoms with Crippen molar-refractivity contribution in [1.82, 2.24) is 9.97 Å². The Morgan fingerprint density at radius 1 is 1.07 bits per heavy atom. The van der Waals surface area contributed by atoms with Crippen molar-refractivity contribution in [2.45, 2.75) is 6.92 Å². The van der Waals surface area contributed by atoms with E-state index in [1.165, 1.54) is 13.4 Å². The summed E-state index contributed by atoms with van der Waals surface area (Å²) in [4.78, 5) is 20.7. The summed E-state index contributed by atoms with van der Waals surface area (Å²) in [6.07, 6.45) is 1.33. The van der Waals surface area contributed by atoms with Gasteiger partial charge >= 0.3 is 0 Å². The maximum absolute atomic E-state index is 12.5. The van der Waals surface area contributed by atoms with Crippen LogP contribution in [-0.2, 0) is 0 Å². The Hall–Kier alpha value is -3.32. The van der Waals surface area contributed by atoms with E-state index in [0.29, 0.717) is 28.9 Å². The molecule has 3 rings (SSSR count). The van der Waals surface area contributed by atoms with E-state index in [0.717, 1.165) is 11.4 Å². The molecular formula is C20H19ClN4O3. The molecule has 2 aromatic carbocycles. The lowest BCUT2D eigenvalue weighted by atomic mass is 10.2. The number of rotatable bonds is 7. The maximum Gasteiger partial charge on any atom is 0.274 e. The summed E-state index contributed by atoms with van der Waals surface area (Å²) in [6, 6.07) is 14.0. The molecule has 28 heavy (non-hydrogen) atoms. The highest BCUT2D eigenvalue weighted by Crippen LogP contribution is 2.27. The molecule has 1 aromatic heterocycles. The number of aromatic nitrogens is 2. The minimum Gasteiger partial charge on any atom is -0.495 e. The molecule has 3 aromatic rings. The highest BCUT2D eigenvalue weighted by atomic mass is 35.5. The van der Waals surface area contributed by atoms with Gasteiger partial charge in [-0.2, -0.15) is 0 Å².